The molecule has 2 N–H and O–H groups in total. The second-order valence-electron chi connectivity index (χ2n) is 4.48. The fraction of sp³-hybridized carbons (Fsp3) is 0.357. The Morgan fingerprint density at radius 3 is 2.82 bits per heavy atom. The van der Waals surface area contributed by atoms with Crippen LogP contribution in [0.25, 0.3) is 0 Å². The van der Waals surface area contributed by atoms with Crippen LogP contribution in [0, 0.1) is 0 Å². The Kier molecular flexibility index (Phi) is 6.11. The first-order valence-corrected chi connectivity index (χ1v) is 7.68. The number of nitrogens with one attached hydrogen (secondary N) is 2. The van der Waals surface area contributed by atoms with Crippen LogP contribution in [0.3, 0.4) is 0 Å². The summed E-state index contributed by atoms with van der Waals surface area (Å²) in [7, 11) is 1.53. The van der Waals surface area contributed by atoms with Gasteiger partial charge in [0.1, 0.15) is 6.04 Å². The first-order chi connectivity index (χ1) is 10.7. The highest BCUT2D eigenvalue weighted by atomic mass is 32.1. The molecular formula is C14H18N4O3S. The summed E-state index contributed by atoms with van der Waals surface area (Å²) in [6, 6.07) is 5.60. The van der Waals surface area contributed by atoms with Crippen molar-refractivity contribution in [3.63, 3.8) is 0 Å². The monoisotopic (exact) mass is 322 g/mol. The predicted octanol–water partition coefficient (Wildman–Crippen LogP) is 0.413. The van der Waals surface area contributed by atoms with E-state index in [0.717, 1.165) is 4.88 Å². The number of thiophene rings is 1. The van der Waals surface area contributed by atoms with E-state index in [1.165, 1.54) is 7.11 Å². The largest absolute Gasteiger partial charge is 0.383 e. The molecule has 0 aliphatic carbocycles. The predicted molar refractivity (Wildman–Crippen MR) is 82.6 cm³/mol. The van der Waals surface area contributed by atoms with Crippen LogP contribution in [0.15, 0.2) is 36.0 Å². The molecular weight excluding hydrogens is 304 g/mol. The van der Waals surface area contributed by atoms with E-state index < -0.39 is 11.8 Å². The Morgan fingerprint density at radius 2 is 2.18 bits per heavy atom. The Morgan fingerprint density at radius 1 is 1.36 bits per heavy atom. The highest BCUT2D eigenvalue weighted by Crippen LogP contribution is 2.21. The normalized spacial score (nSPS) is 11.9. The average Bonchev–Trinajstić information content (AvgIpc) is 3.21. The van der Waals surface area contributed by atoms with Crippen LogP contribution in [0.1, 0.15) is 10.9 Å². The molecule has 2 amide bonds. The van der Waals surface area contributed by atoms with Gasteiger partial charge in [-0.1, -0.05) is 6.07 Å². The second kappa shape index (κ2) is 8.30. The highest BCUT2D eigenvalue weighted by Gasteiger charge is 2.19. The minimum Gasteiger partial charge on any atom is -0.383 e. The van der Waals surface area contributed by atoms with Gasteiger partial charge in [0.05, 0.1) is 6.61 Å². The van der Waals surface area contributed by atoms with Gasteiger partial charge in [0.15, 0.2) is 0 Å². The molecule has 8 heteroatoms. The lowest BCUT2D eigenvalue weighted by Gasteiger charge is -2.16. The van der Waals surface area contributed by atoms with Crippen LogP contribution in [0.2, 0.25) is 0 Å². The molecule has 118 valence electrons. The summed E-state index contributed by atoms with van der Waals surface area (Å²) >= 11 is 1.58. The Balaban J connectivity index is 1.92. The third-order valence-corrected chi connectivity index (χ3v) is 3.94. The Hall–Kier alpha value is -2.19. The van der Waals surface area contributed by atoms with E-state index in [1.807, 2.05) is 29.8 Å². The van der Waals surface area contributed by atoms with E-state index in [2.05, 4.69) is 15.7 Å². The van der Waals surface area contributed by atoms with Crippen LogP contribution in [0.4, 0.5) is 0 Å². The van der Waals surface area contributed by atoms with Crippen LogP contribution in [-0.2, 0) is 14.3 Å². The van der Waals surface area contributed by atoms with Gasteiger partial charge in [-0.15, -0.1) is 11.3 Å². The molecule has 0 aliphatic rings. The van der Waals surface area contributed by atoms with E-state index in [4.69, 9.17) is 4.74 Å². The number of amides is 2. The van der Waals surface area contributed by atoms with E-state index in [0.29, 0.717) is 19.7 Å². The lowest BCUT2D eigenvalue weighted by Crippen LogP contribution is -2.43. The van der Waals surface area contributed by atoms with E-state index in [1.54, 1.807) is 22.2 Å². The van der Waals surface area contributed by atoms with Gasteiger partial charge in [-0.05, 0) is 17.5 Å². The van der Waals surface area contributed by atoms with Gasteiger partial charge in [-0.25, -0.2) is 0 Å². The van der Waals surface area contributed by atoms with Crippen LogP contribution in [-0.4, -0.2) is 48.4 Å². The maximum absolute atomic E-state index is 11.8. The van der Waals surface area contributed by atoms with Crippen molar-refractivity contribution >= 4 is 23.2 Å². The number of aromatic nitrogens is 2. The number of hydrogen-bond acceptors (Lipinski definition) is 5. The van der Waals surface area contributed by atoms with Crippen molar-refractivity contribution in [2.75, 3.05) is 26.8 Å². The fourth-order valence-electron chi connectivity index (χ4n) is 1.89. The fourth-order valence-corrected chi connectivity index (χ4v) is 2.71. The summed E-state index contributed by atoms with van der Waals surface area (Å²) in [5.74, 6) is -1.33. The van der Waals surface area contributed by atoms with Gasteiger partial charge in [-0.3, -0.25) is 14.3 Å². The number of rotatable bonds is 7. The highest BCUT2D eigenvalue weighted by molar-refractivity contribution is 7.10. The smallest absolute Gasteiger partial charge is 0.309 e. The summed E-state index contributed by atoms with van der Waals surface area (Å²) in [5, 5.41) is 11.3. The zero-order valence-electron chi connectivity index (χ0n) is 12.2. The van der Waals surface area contributed by atoms with Gasteiger partial charge in [0.25, 0.3) is 0 Å². The summed E-state index contributed by atoms with van der Waals surface area (Å²) in [5.41, 5.74) is 0. The number of nitrogens with zero attached hydrogens (tertiary/aromatic N) is 2. The summed E-state index contributed by atoms with van der Waals surface area (Å²) in [4.78, 5) is 24.5. The molecule has 1 atom stereocenters. The molecule has 1 unspecified atom stereocenters. The number of carbonyl (C=O) groups is 2. The third kappa shape index (κ3) is 4.40. The molecule has 0 spiro atoms. The van der Waals surface area contributed by atoms with Gasteiger partial charge in [0.2, 0.25) is 0 Å². The van der Waals surface area contributed by atoms with Crippen molar-refractivity contribution < 1.29 is 14.3 Å². The van der Waals surface area contributed by atoms with Crippen molar-refractivity contribution in [3.05, 3.63) is 40.8 Å². The lowest BCUT2D eigenvalue weighted by molar-refractivity contribution is -0.139. The molecule has 0 aliphatic heterocycles. The molecule has 7 nitrogen and oxygen atoms in total. The van der Waals surface area contributed by atoms with Crippen molar-refractivity contribution in [1.82, 2.24) is 20.4 Å². The second-order valence-corrected chi connectivity index (χ2v) is 5.46. The van der Waals surface area contributed by atoms with Gasteiger partial charge in [0, 0.05) is 37.5 Å². The Bertz CT molecular complexity index is 549. The van der Waals surface area contributed by atoms with Crippen molar-refractivity contribution in [3.8, 4) is 0 Å². The van der Waals surface area contributed by atoms with E-state index in [-0.39, 0.29) is 6.04 Å². The SMILES string of the molecule is COCCNC(=O)C(=O)NCC(c1cccs1)n1cccn1. The minimum atomic E-state index is -0.664. The molecule has 0 saturated heterocycles. The zero-order chi connectivity index (χ0) is 15.8. The molecule has 2 heterocycles. The molecule has 0 aromatic carbocycles. The van der Waals surface area contributed by atoms with Crippen LogP contribution < -0.4 is 10.6 Å². The summed E-state index contributed by atoms with van der Waals surface area (Å²) in [6.07, 6.45) is 3.51. The van der Waals surface area contributed by atoms with Gasteiger partial charge in [-0.2, -0.15) is 5.10 Å². The zero-order valence-corrected chi connectivity index (χ0v) is 13.0. The first-order valence-electron chi connectivity index (χ1n) is 6.80. The van der Waals surface area contributed by atoms with E-state index in [9.17, 15) is 9.59 Å². The van der Waals surface area contributed by atoms with Crippen molar-refractivity contribution in [2.45, 2.75) is 6.04 Å². The maximum Gasteiger partial charge on any atom is 0.309 e. The maximum atomic E-state index is 11.8. The average molecular weight is 322 g/mol. The Labute approximate surface area is 132 Å². The molecule has 0 radical (unpaired) electrons. The van der Waals surface area contributed by atoms with E-state index >= 15 is 0 Å². The molecule has 2 rings (SSSR count). The van der Waals surface area contributed by atoms with Crippen molar-refractivity contribution in [2.24, 2.45) is 0 Å². The number of carbonyl (C=O) groups excluding carboxylic acids is 2. The van der Waals surface area contributed by atoms with Crippen molar-refractivity contribution in [1.29, 1.82) is 0 Å². The number of ether oxygens (including phenoxy) is 1. The molecule has 2 aromatic heterocycles. The van der Waals surface area contributed by atoms with Crippen LogP contribution >= 0.6 is 11.3 Å². The molecule has 0 saturated carbocycles. The number of hydrogen-bond donors (Lipinski definition) is 2. The molecule has 0 bridgehead atoms. The quantitative estimate of drug-likeness (QED) is 0.571. The summed E-state index contributed by atoms with van der Waals surface area (Å²) in [6.45, 7) is 0.957. The summed E-state index contributed by atoms with van der Waals surface area (Å²) < 4.78 is 6.57. The van der Waals surface area contributed by atoms with Gasteiger partial charge < -0.3 is 15.4 Å². The minimum absolute atomic E-state index is 0.134. The first kappa shape index (κ1) is 16.2. The topological polar surface area (TPSA) is 85.2 Å². The molecule has 22 heavy (non-hydrogen) atoms. The lowest BCUT2D eigenvalue weighted by atomic mass is 10.2. The molecule has 2 aromatic rings. The molecule has 0 fully saturated rings. The van der Waals surface area contributed by atoms with Crippen LogP contribution in [0.5, 0.6) is 0 Å². The standard InChI is InChI=1S/C14H18N4O3S/c1-21-8-6-15-13(19)14(20)16-10-11(12-4-2-9-22-12)18-7-3-5-17-18/h2-5,7,9,11H,6,8,10H2,1H3,(H,15,19)(H,16,20). The van der Waals surface area contributed by atoms with Gasteiger partial charge >= 0.3 is 11.8 Å². The number of methoxy groups -OCH3 is 1. The third-order valence-electron chi connectivity index (χ3n) is 2.97.